The average Bonchev–Trinajstić information content (AvgIpc) is 2.50. The highest BCUT2D eigenvalue weighted by atomic mass is 16.3. The second-order valence-corrected chi connectivity index (χ2v) is 5.38. The van der Waals surface area contributed by atoms with E-state index in [1.165, 1.54) is 0 Å². The van der Waals surface area contributed by atoms with E-state index in [9.17, 15) is 9.90 Å². The van der Waals surface area contributed by atoms with Gasteiger partial charge in [-0.25, -0.2) is 0 Å². The molecule has 2 rings (SSSR count). The Kier molecular flexibility index (Phi) is 5.73. The zero-order valence-electron chi connectivity index (χ0n) is 12.1. The van der Waals surface area contributed by atoms with E-state index in [0.29, 0.717) is 17.7 Å². The molecule has 5 heteroatoms. The molecule has 5 nitrogen and oxygen atoms in total. The number of rotatable bonds is 5. The van der Waals surface area contributed by atoms with Crippen LogP contribution < -0.4 is 5.32 Å². The van der Waals surface area contributed by atoms with Crippen LogP contribution in [0.3, 0.4) is 0 Å². The van der Waals surface area contributed by atoms with Crippen molar-refractivity contribution in [2.75, 3.05) is 25.0 Å². The molecule has 0 saturated carbocycles. The molecule has 0 unspecified atom stereocenters. The maximum absolute atomic E-state index is 11.9. The minimum Gasteiger partial charge on any atom is -0.393 e. The van der Waals surface area contributed by atoms with Crippen molar-refractivity contribution in [3.63, 3.8) is 0 Å². The van der Waals surface area contributed by atoms with Crippen molar-refractivity contribution >= 4 is 11.6 Å². The van der Waals surface area contributed by atoms with Crippen molar-refractivity contribution in [1.29, 1.82) is 5.26 Å². The fraction of sp³-hybridized carbons (Fsp3) is 0.500. The molecule has 0 spiro atoms. The molecule has 1 fully saturated rings. The summed E-state index contributed by atoms with van der Waals surface area (Å²) in [5.41, 5.74) is 1.06. The molecule has 1 aromatic rings. The van der Waals surface area contributed by atoms with Gasteiger partial charge in [-0.1, -0.05) is 12.1 Å². The molecule has 21 heavy (non-hydrogen) atoms. The van der Waals surface area contributed by atoms with Crippen LogP contribution in [-0.2, 0) is 4.79 Å². The third-order valence-corrected chi connectivity index (χ3v) is 3.76. The monoisotopic (exact) mass is 287 g/mol. The number of aliphatic hydroxyl groups excluding tert-OH is 1. The van der Waals surface area contributed by atoms with Gasteiger partial charge in [-0.05, 0) is 37.9 Å². The molecule has 1 aliphatic heterocycles. The number of benzene rings is 1. The van der Waals surface area contributed by atoms with Crippen molar-refractivity contribution in [2.24, 2.45) is 0 Å². The number of carbonyl (C=O) groups is 1. The third kappa shape index (κ3) is 4.85. The first kappa shape index (κ1) is 15.5. The molecule has 0 atom stereocenters. The highest BCUT2D eigenvalue weighted by molar-refractivity contribution is 5.92. The summed E-state index contributed by atoms with van der Waals surface area (Å²) < 4.78 is 0. The Balaban J connectivity index is 1.72. The predicted molar refractivity (Wildman–Crippen MR) is 80.7 cm³/mol. The van der Waals surface area contributed by atoms with Crippen LogP contribution in [-0.4, -0.2) is 41.7 Å². The highest BCUT2D eigenvalue weighted by Crippen LogP contribution is 2.14. The van der Waals surface area contributed by atoms with Crippen molar-refractivity contribution in [3.05, 3.63) is 29.8 Å². The Labute approximate surface area is 125 Å². The van der Waals surface area contributed by atoms with Gasteiger partial charge in [0, 0.05) is 19.5 Å². The molecular weight excluding hydrogens is 266 g/mol. The van der Waals surface area contributed by atoms with E-state index in [-0.39, 0.29) is 12.0 Å². The normalized spacial score (nSPS) is 16.4. The number of nitrogens with one attached hydrogen (secondary N) is 1. The summed E-state index contributed by atoms with van der Waals surface area (Å²) >= 11 is 0. The van der Waals surface area contributed by atoms with Gasteiger partial charge in [0.05, 0.1) is 17.4 Å². The lowest BCUT2D eigenvalue weighted by Gasteiger charge is -2.29. The first-order valence-corrected chi connectivity index (χ1v) is 7.38. The van der Waals surface area contributed by atoms with Crippen molar-refractivity contribution < 1.29 is 9.90 Å². The van der Waals surface area contributed by atoms with Crippen molar-refractivity contribution in [3.8, 4) is 6.07 Å². The van der Waals surface area contributed by atoms with Crippen LogP contribution in [0.2, 0.25) is 0 Å². The fourth-order valence-electron chi connectivity index (χ4n) is 2.51. The molecule has 1 saturated heterocycles. The molecule has 1 heterocycles. The van der Waals surface area contributed by atoms with Crippen LogP contribution in [0.5, 0.6) is 0 Å². The molecule has 2 N–H and O–H groups in total. The topological polar surface area (TPSA) is 76.4 Å². The third-order valence-electron chi connectivity index (χ3n) is 3.76. The summed E-state index contributed by atoms with van der Waals surface area (Å²) in [6.07, 6.45) is 2.71. The van der Waals surface area contributed by atoms with E-state index < -0.39 is 0 Å². The van der Waals surface area contributed by atoms with E-state index in [4.69, 9.17) is 5.26 Å². The largest absolute Gasteiger partial charge is 0.393 e. The van der Waals surface area contributed by atoms with E-state index >= 15 is 0 Å². The Hall–Kier alpha value is -1.90. The zero-order valence-corrected chi connectivity index (χ0v) is 12.1. The number of hydrogen-bond donors (Lipinski definition) is 2. The fourth-order valence-corrected chi connectivity index (χ4v) is 2.51. The molecule has 1 aromatic carbocycles. The standard InChI is InChI=1S/C16H21N3O2/c17-12-13-4-1-2-5-15(13)18-16(21)6-3-9-19-10-7-14(20)8-11-19/h1-2,4-5,14,20H,3,6-11H2,(H,18,21). The van der Waals surface area contributed by atoms with Gasteiger partial charge >= 0.3 is 0 Å². The molecule has 0 aliphatic carbocycles. The Morgan fingerprint density at radius 1 is 1.38 bits per heavy atom. The minimum absolute atomic E-state index is 0.0604. The summed E-state index contributed by atoms with van der Waals surface area (Å²) in [4.78, 5) is 14.2. The first-order valence-electron chi connectivity index (χ1n) is 7.38. The zero-order chi connectivity index (χ0) is 15.1. The van der Waals surface area contributed by atoms with Gasteiger partial charge in [-0.15, -0.1) is 0 Å². The van der Waals surface area contributed by atoms with E-state index in [0.717, 1.165) is 38.9 Å². The number of aliphatic hydroxyl groups is 1. The molecule has 1 aliphatic rings. The Morgan fingerprint density at radius 2 is 2.10 bits per heavy atom. The second-order valence-electron chi connectivity index (χ2n) is 5.38. The number of nitriles is 1. The van der Waals surface area contributed by atoms with Gasteiger partial charge in [-0.2, -0.15) is 5.26 Å². The van der Waals surface area contributed by atoms with Gasteiger partial charge < -0.3 is 15.3 Å². The van der Waals surface area contributed by atoms with Crippen molar-refractivity contribution in [2.45, 2.75) is 31.8 Å². The van der Waals surface area contributed by atoms with Gasteiger partial charge in [0.25, 0.3) is 0 Å². The smallest absolute Gasteiger partial charge is 0.224 e. The lowest BCUT2D eigenvalue weighted by molar-refractivity contribution is -0.116. The van der Waals surface area contributed by atoms with Crippen molar-refractivity contribution in [1.82, 2.24) is 4.90 Å². The predicted octanol–water partition coefficient (Wildman–Crippen LogP) is 1.73. The SMILES string of the molecule is N#Cc1ccccc1NC(=O)CCCN1CCC(O)CC1. The van der Waals surface area contributed by atoms with Gasteiger partial charge in [0.1, 0.15) is 6.07 Å². The lowest BCUT2D eigenvalue weighted by atomic mass is 10.1. The van der Waals surface area contributed by atoms with E-state index in [1.54, 1.807) is 24.3 Å². The van der Waals surface area contributed by atoms with Crippen LogP contribution in [0, 0.1) is 11.3 Å². The van der Waals surface area contributed by atoms with E-state index in [1.807, 2.05) is 0 Å². The Morgan fingerprint density at radius 3 is 2.81 bits per heavy atom. The summed E-state index contributed by atoms with van der Waals surface area (Å²) in [6, 6.07) is 9.07. The van der Waals surface area contributed by atoms with Crippen LogP contribution in [0.1, 0.15) is 31.2 Å². The molecule has 0 bridgehead atoms. The number of hydrogen-bond acceptors (Lipinski definition) is 4. The number of piperidine rings is 1. The number of amides is 1. The van der Waals surface area contributed by atoms with Crippen LogP contribution in [0.25, 0.3) is 0 Å². The number of likely N-dealkylation sites (tertiary alicyclic amines) is 1. The first-order chi connectivity index (χ1) is 10.2. The minimum atomic E-state index is -0.160. The number of carbonyl (C=O) groups excluding carboxylic acids is 1. The number of nitrogens with zero attached hydrogens (tertiary/aromatic N) is 2. The molecular formula is C16H21N3O2. The summed E-state index contributed by atoms with van der Waals surface area (Å²) in [6.45, 7) is 2.68. The summed E-state index contributed by atoms with van der Waals surface area (Å²) in [5.74, 6) is -0.0604. The van der Waals surface area contributed by atoms with E-state index in [2.05, 4.69) is 16.3 Å². The molecule has 112 valence electrons. The van der Waals surface area contributed by atoms with Gasteiger partial charge in [0.2, 0.25) is 5.91 Å². The van der Waals surface area contributed by atoms with Gasteiger partial charge in [-0.3, -0.25) is 4.79 Å². The van der Waals surface area contributed by atoms with Crippen LogP contribution in [0.4, 0.5) is 5.69 Å². The Bertz CT molecular complexity index is 516. The number of anilines is 1. The number of para-hydroxylation sites is 1. The quantitative estimate of drug-likeness (QED) is 0.864. The second kappa shape index (κ2) is 7.77. The molecule has 1 amide bonds. The maximum Gasteiger partial charge on any atom is 0.224 e. The van der Waals surface area contributed by atoms with Crippen LogP contribution >= 0.6 is 0 Å². The van der Waals surface area contributed by atoms with Gasteiger partial charge in [0.15, 0.2) is 0 Å². The van der Waals surface area contributed by atoms with Crippen LogP contribution in [0.15, 0.2) is 24.3 Å². The summed E-state index contributed by atoms with van der Waals surface area (Å²) in [5, 5.41) is 21.2. The summed E-state index contributed by atoms with van der Waals surface area (Å²) in [7, 11) is 0. The molecule has 0 aromatic heterocycles. The lowest BCUT2D eigenvalue weighted by Crippen LogP contribution is -2.36. The molecule has 0 radical (unpaired) electrons. The maximum atomic E-state index is 11.9. The highest BCUT2D eigenvalue weighted by Gasteiger charge is 2.16. The average molecular weight is 287 g/mol.